The van der Waals surface area contributed by atoms with Gasteiger partial charge in [0, 0.05) is 19.0 Å². The molecule has 1 amide bonds. The Morgan fingerprint density at radius 3 is 2.39 bits per heavy atom. The Kier molecular flexibility index (Phi) is 7.73. The third kappa shape index (κ3) is 6.08. The van der Waals surface area contributed by atoms with E-state index in [2.05, 4.69) is 5.32 Å². The van der Waals surface area contributed by atoms with E-state index in [9.17, 15) is 13.2 Å². The van der Waals surface area contributed by atoms with Crippen LogP contribution in [-0.2, 0) is 20.6 Å². The third-order valence-electron chi connectivity index (χ3n) is 5.87. The van der Waals surface area contributed by atoms with E-state index in [1.165, 1.54) is 4.31 Å². The molecule has 0 radical (unpaired) electrons. The van der Waals surface area contributed by atoms with E-state index in [1.807, 2.05) is 69.3 Å². The first-order chi connectivity index (χ1) is 14.8. The quantitative estimate of drug-likeness (QED) is 0.672. The molecule has 31 heavy (non-hydrogen) atoms. The summed E-state index contributed by atoms with van der Waals surface area (Å²) < 4.78 is 32.7. The Balaban J connectivity index is 1.52. The Hall–Kier alpha value is -2.38. The Labute approximate surface area is 185 Å². The fraction of sp³-hybridized carbons (Fsp3) is 0.458. The minimum Gasteiger partial charge on any atom is -0.494 e. The van der Waals surface area contributed by atoms with Crippen molar-refractivity contribution in [2.75, 3.05) is 19.7 Å². The lowest BCUT2D eigenvalue weighted by Crippen LogP contribution is -2.43. The van der Waals surface area contributed by atoms with Gasteiger partial charge < -0.3 is 10.1 Å². The van der Waals surface area contributed by atoms with E-state index in [0.29, 0.717) is 32.5 Å². The number of carbonyl (C=O) groups excluding carboxylic acids is 1. The fourth-order valence-electron chi connectivity index (χ4n) is 3.89. The molecule has 7 heteroatoms. The molecular weight excluding hydrogens is 412 g/mol. The predicted molar refractivity (Wildman–Crippen MR) is 122 cm³/mol. The highest BCUT2D eigenvalue weighted by Crippen LogP contribution is 2.24. The van der Waals surface area contributed by atoms with Crippen LogP contribution in [0.5, 0.6) is 5.75 Å². The zero-order valence-electron chi connectivity index (χ0n) is 18.5. The lowest BCUT2D eigenvalue weighted by atomic mass is 9.96. The molecule has 1 atom stereocenters. The van der Waals surface area contributed by atoms with Crippen LogP contribution in [0.2, 0.25) is 0 Å². The molecule has 0 aromatic heterocycles. The first kappa shape index (κ1) is 23.3. The smallest absolute Gasteiger partial charge is 0.223 e. The van der Waals surface area contributed by atoms with Crippen molar-refractivity contribution in [2.45, 2.75) is 45.4 Å². The number of aryl methyl sites for hydroxylation is 1. The maximum atomic E-state index is 12.8. The second kappa shape index (κ2) is 10.3. The normalized spacial score (nSPS) is 16.6. The molecule has 1 saturated heterocycles. The molecule has 3 rings (SSSR count). The molecule has 1 aliphatic rings. The summed E-state index contributed by atoms with van der Waals surface area (Å²) in [6, 6.07) is 15.1. The van der Waals surface area contributed by atoms with Crippen LogP contribution in [0.4, 0.5) is 0 Å². The van der Waals surface area contributed by atoms with Gasteiger partial charge in [-0.3, -0.25) is 4.79 Å². The van der Waals surface area contributed by atoms with Crippen molar-refractivity contribution in [1.82, 2.24) is 9.62 Å². The van der Waals surface area contributed by atoms with Crippen molar-refractivity contribution >= 4 is 15.9 Å². The predicted octanol–water partition coefficient (Wildman–Crippen LogP) is 3.81. The van der Waals surface area contributed by atoms with Gasteiger partial charge in [-0.05, 0) is 62.4 Å². The maximum Gasteiger partial charge on any atom is 0.223 e. The molecule has 0 aliphatic carbocycles. The van der Waals surface area contributed by atoms with Crippen molar-refractivity contribution in [3.05, 3.63) is 65.2 Å². The van der Waals surface area contributed by atoms with Crippen LogP contribution in [0.25, 0.3) is 0 Å². The molecule has 0 saturated carbocycles. The standard InChI is InChI=1S/C24H32N2O4S/c1-4-30-23-11-9-20(10-12-23)19(3)25-24(27)21-13-15-26(16-14-21)31(28,29)17-22-8-6-5-7-18(22)2/h5-12,19,21H,4,13-17H2,1-3H3,(H,25,27)/t19-/m0/s1. The molecule has 6 nitrogen and oxygen atoms in total. The van der Waals surface area contributed by atoms with Crippen molar-refractivity contribution in [1.29, 1.82) is 0 Å². The van der Waals surface area contributed by atoms with Gasteiger partial charge in [0.1, 0.15) is 5.75 Å². The van der Waals surface area contributed by atoms with Gasteiger partial charge in [-0.1, -0.05) is 36.4 Å². The summed E-state index contributed by atoms with van der Waals surface area (Å²) in [5.74, 6) is 0.627. The van der Waals surface area contributed by atoms with E-state index in [-0.39, 0.29) is 23.6 Å². The van der Waals surface area contributed by atoms with Crippen molar-refractivity contribution in [3.63, 3.8) is 0 Å². The van der Waals surface area contributed by atoms with Gasteiger partial charge in [-0.15, -0.1) is 0 Å². The Morgan fingerprint density at radius 1 is 1.13 bits per heavy atom. The second-order valence-corrected chi connectivity index (χ2v) is 10.1. The molecule has 1 fully saturated rings. The maximum absolute atomic E-state index is 12.8. The number of piperidine rings is 1. The van der Waals surface area contributed by atoms with Crippen LogP contribution in [0, 0.1) is 12.8 Å². The molecule has 1 heterocycles. The summed E-state index contributed by atoms with van der Waals surface area (Å²) in [6.07, 6.45) is 1.07. The SMILES string of the molecule is CCOc1ccc([C@H](C)NC(=O)C2CCN(S(=O)(=O)Cc3ccccc3C)CC2)cc1. The first-order valence-electron chi connectivity index (χ1n) is 10.9. The highest BCUT2D eigenvalue weighted by molar-refractivity contribution is 7.88. The molecular formula is C24H32N2O4S. The van der Waals surface area contributed by atoms with Gasteiger partial charge in [0.05, 0.1) is 18.4 Å². The zero-order valence-corrected chi connectivity index (χ0v) is 19.3. The molecule has 0 bridgehead atoms. The monoisotopic (exact) mass is 444 g/mol. The van der Waals surface area contributed by atoms with Gasteiger partial charge in [0.25, 0.3) is 0 Å². The number of benzene rings is 2. The number of amides is 1. The first-order valence-corrected chi connectivity index (χ1v) is 12.5. The lowest BCUT2D eigenvalue weighted by molar-refractivity contribution is -0.126. The third-order valence-corrected chi connectivity index (χ3v) is 7.69. The number of sulfonamides is 1. The minimum atomic E-state index is -3.39. The van der Waals surface area contributed by atoms with Crippen LogP contribution in [0.1, 0.15) is 49.4 Å². The molecule has 0 unspecified atom stereocenters. The summed E-state index contributed by atoms with van der Waals surface area (Å²) in [5.41, 5.74) is 2.81. The lowest BCUT2D eigenvalue weighted by Gasteiger charge is -2.31. The highest BCUT2D eigenvalue weighted by Gasteiger charge is 2.31. The Bertz CT molecular complexity index is 981. The number of nitrogens with zero attached hydrogens (tertiary/aromatic N) is 1. The molecule has 1 aliphatic heterocycles. The van der Waals surface area contributed by atoms with E-state index in [4.69, 9.17) is 4.74 Å². The molecule has 0 spiro atoms. The van der Waals surface area contributed by atoms with Gasteiger partial charge in [-0.2, -0.15) is 0 Å². The molecule has 2 aromatic rings. The van der Waals surface area contributed by atoms with Crippen LogP contribution < -0.4 is 10.1 Å². The number of carbonyl (C=O) groups is 1. The van der Waals surface area contributed by atoms with E-state index in [1.54, 1.807) is 0 Å². The van der Waals surface area contributed by atoms with Crippen molar-refractivity contribution in [2.24, 2.45) is 5.92 Å². The number of hydrogen-bond acceptors (Lipinski definition) is 4. The largest absolute Gasteiger partial charge is 0.494 e. The number of rotatable bonds is 8. The van der Waals surface area contributed by atoms with E-state index in [0.717, 1.165) is 22.4 Å². The summed E-state index contributed by atoms with van der Waals surface area (Å²) in [4.78, 5) is 12.7. The van der Waals surface area contributed by atoms with Crippen LogP contribution in [0.15, 0.2) is 48.5 Å². The Morgan fingerprint density at radius 2 is 1.77 bits per heavy atom. The summed E-state index contributed by atoms with van der Waals surface area (Å²) in [6.45, 7) is 7.19. The molecule has 1 N–H and O–H groups in total. The van der Waals surface area contributed by atoms with Gasteiger partial charge in [0.2, 0.25) is 15.9 Å². The summed E-state index contributed by atoms with van der Waals surface area (Å²) >= 11 is 0. The average Bonchev–Trinajstić information content (AvgIpc) is 2.76. The number of nitrogens with one attached hydrogen (secondary N) is 1. The minimum absolute atomic E-state index is 0.00527. The topological polar surface area (TPSA) is 75.7 Å². The van der Waals surface area contributed by atoms with Gasteiger partial charge >= 0.3 is 0 Å². The van der Waals surface area contributed by atoms with Crippen LogP contribution >= 0.6 is 0 Å². The van der Waals surface area contributed by atoms with E-state index >= 15 is 0 Å². The summed E-state index contributed by atoms with van der Waals surface area (Å²) in [5, 5.41) is 3.07. The zero-order chi connectivity index (χ0) is 22.4. The van der Waals surface area contributed by atoms with Crippen LogP contribution in [-0.4, -0.2) is 38.3 Å². The fourth-order valence-corrected chi connectivity index (χ4v) is 5.56. The molecule has 168 valence electrons. The number of hydrogen-bond donors (Lipinski definition) is 1. The van der Waals surface area contributed by atoms with Crippen molar-refractivity contribution in [3.8, 4) is 5.75 Å². The van der Waals surface area contributed by atoms with Gasteiger partial charge in [0.15, 0.2) is 0 Å². The highest BCUT2D eigenvalue weighted by atomic mass is 32.2. The van der Waals surface area contributed by atoms with Gasteiger partial charge in [-0.25, -0.2) is 12.7 Å². The average molecular weight is 445 g/mol. The second-order valence-electron chi connectivity index (χ2n) is 8.09. The van der Waals surface area contributed by atoms with Crippen LogP contribution in [0.3, 0.4) is 0 Å². The van der Waals surface area contributed by atoms with Crippen molar-refractivity contribution < 1.29 is 17.9 Å². The van der Waals surface area contributed by atoms with E-state index < -0.39 is 10.0 Å². The molecule has 2 aromatic carbocycles. The summed E-state index contributed by atoms with van der Waals surface area (Å²) in [7, 11) is -3.39. The number of ether oxygens (including phenoxy) is 1.